The molecule has 2 aromatic rings. The van der Waals surface area contributed by atoms with Crippen molar-refractivity contribution < 1.29 is 8.42 Å². The van der Waals surface area contributed by atoms with Gasteiger partial charge in [-0.1, -0.05) is 6.07 Å². The number of hydrogen-bond donors (Lipinski definition) is 1. The van der Waals surface area contributed by atoms with E-state index in [0.717, 1.165) is 29.9 Å². The van der Waals surface area contributed by atoms with E-state index in [2.05, 4.69) is 9.38 Å². The van der Waals surface area contributed by atoms with Gasteiger partial charge < -0.3 is 5.73 Å². The van der Waals surface area contributed by atoms with Crippen LogP contribution in [0.5, 0.6) is 0 Å². The minimum absolute atomic E-state index is 0.171. The number of pyridine rings is 1. The predicted octanol–water partition coefficient (Wildman–Crippen LogP) is 1.16. The van der Waals surface area contributed by atoms with Gasteiger partial charge in [-0.25, -0.2) is 13.4 Å². The van der Waals surface area contributed by atoms with Gasteiger partial charge in [-0.3, -0.25) is 4.40 Å². The summed E-state index contributed by atoms with van der Waals surface area (Å²) in [4.78, 5) is 4.46. The molecular weight excluding hydrogens is 274 g/mol. The molecule has 0 bridgehead atoms. The molecule has 1 fully saturated rings. The first-order valence-corrected chi connectivity index (χ1v) is 8.76. The standard InChI is InChI=1S/C14H19N3O2S/c15-8-12-4-1-5-13-9-16-14(17(12)13)7-11-3-2-6-20(18,19)10-11/h1,4-5,9,11H,2-3,6-8,10,15H2. The van der Waals surface area contributed by atoms with Crippen molar-refractivity contribution in [2.24, 2.45) is 11.7 Å². The van der Waals surface area contributed by atoms with Gasteiger partial charge in [0.1, 0.15) is 5.82 Å². The Balaban J connectivity index is 1.91. The molecule has 1 aliphatic heterocycles. The molecule has 20 heavy (non-hydrogen) atoms. The number of sulfone groups is 1. The highest BCUT2D eigenvalue weighted by Gasteiger charge is 2.26. The van der Waals surface area contributed by atoms with Crippen molar-refractivity contribution in [1.82, 2.24) is 9.38 Å². The number of aromatic nitrogens is 2. The van der Waals surface area contributed by atoms with E-state index in [4.69, 9.17) is 5.73 Å². The van der Waals surface area contributed by atoms with Crippen LogP contribution in [0, 0.1) is 5.92 Å². The first-order valence-electron chi connectivity index (χ1n) is 6.94. The average Bonchev–Trinajstić information content (AvgIpc) is 2.81. The highest BCUT2D eigenvalue weighted by molar-refractivity contribution is 7.91. The molecule has 0 aromatic carbocycles. The van der Waals surface area contributed by atoms with Crippen LogP contribution in [0.2, 0.25) is 0 Å². The lowest BCUT2D eigenvalue weighted by Crippen LogP contribution is -2.27. The fourth-order valence-corrected chi connectivity index (χ4v) is 4.80. The molecule has 108 valence electrons. The number of imidazole rings is 1. The molecule has 6 heteroatoms. The molecule has 1 saturated heterocycles. The molecule has 1 aliphatic rings. The van der Waals surface area contributed by atoms with Crippen LogP contribution in [0.3, 0.4) is 0 Å². The third-order valence-electron chi connectivity index (χ3n) is 3.94. The Morgan fingerprint density at radius 1 is 1.40 bits per heavy atom. The van der Waals surface area contributed by atoms with Crippen LogP contribution in [-0.4, -0.2) is 29.3 Å². The van der Waals surface area contributed by atoms with Crippen molar-refractivity contribution in [3.8, 4) is 0 Å². The van der Waals surface area contributed by atoms with Crippen LogP contribution in [-0.2, 0) is 22.8 Å². The quantitative estimate of drug-likeness (QED) is 0.921. The Labute approximate surface area is 118 Å². The largest absolute Gasteiger partial charge is 0.325 e. The Hall–Kier alpha value is -1.40. The van der Waals surface area contributed by atoms with Gasteiger partial charge in [-0.05, 0) is 30.9 Å². The second-order valence-electron chi connectivity index (χ2n) is 5.48. The summed E-state index contributed by atoms with van der Waals surface area (Å²) in [5, 5.41) is 0. The molecule has 1 unspecified atom stereocenters. The molecule has 2 N–H and O–H groups in total. The monoisotopic (exact) mass is 293 g/mol. The topological polar surface area (TPSA) is 77.5 Å². The first kappa shape index (κ1) is 13.6. The van der Waals surface area contributed by atoms with Gasteiger partial charge in [0.2, 0.25) is 0 Å². The van der Waals surface area contributed by atoms with E-state index in [1.807, 2.05) is 24.4 Å². The fraction of sp³-hybridized carbons (Fsp3) is 0.500. The maximum absolute atomic E-state index is 11.7. The Kier molecular flexibility index (Phi) is 3.52. The van der Waals surface area contributed by atoms with Gasteiger partial charge in [0.25, 0.3) is 0 Å². The van der Waals surface area contributed by atoms with Gasteiger partial charge in [0, 0.05) is 18.7 Å². The number of nitrogens with zero attached hydrogens (tertiary/aromatic N) is 2. The summed E-state index contributed by atoms with van der Waals surface area (Å²) in [5.74, 6) is 1.71. The molecule has 0 spiro atoms. The minimum Gasteiger partial charge on any atom is -0.325 e. The van der Waals surface area contributed by atoms with Crippen LogP contribution in [0.1, 0.15) is 24.4 Å². The Morgan fingerprint density at radius 2 is 2.25 bits per heavy atom. The number of rotatable bonds is 3. The van der Waals surface area contributed by atoms with E-state index in [-0.39, 0.29) is 11.7 Å². The van der Waals surface area contributed by atoms with Crippen molar-refractivity contribution in [2.75, 3.05) is 11.5 Å². The molecule has 0 saturated carbocycles. The maximum Gasteiger partial charge on any atom is 0.150 e. The number of fused-ring (bicyclic) bond motifs is 1. The van der Waals surface area contributed by atoms with Crippen molar-refractivity contribution in [1.29, 1.82) is 0 Å². The molecular formula is C14H19N3O2S. The number of hydrogen-bond acceptors (Lipinski definition) is 4. The summed E-state index contributed by atoms with van der Waals surface area (Å²) in [6.45, 7) is 0.448. The fourth-order valence-electron chi connectivity index (χ4n) is 3.03. The number of nitrogens with two attached hydrogens (primary N) is 1. The summed E-state index contributed by atoms with van der Waals surface area (Å²) in [6, 6.07) is 5.94. The average molecular weight is 293 g/mol. The van der Waals surface area contributed by atoms with Gasteiger partial charge in [0.15, 0.2) is 9.84 Å². The minimum atomic E-state index is -2.87. The lowest BCUT2D eigenvalue weighted by atomic mass is 10.0. The summed E-state index contributed by atoms with van der Waals surface area (Å²) in [7, 11) is -2.87. The SMILES string of the molecule is NCc1cccc2cnc(CC3CCCS(=O)(=O)C3)n12. The van der Waals surface area contributed by atoms with Crippen LogP contribution in [0.15, 0.2) is 24.4 Å². The van der Waals surface area contributed by atoms with Gasteiger partial charge >= 0.3 is 0 Å². The second kappa shape index (κ2) is 5.18. The van der Waals surface area contributed by atoms with Crippen LogP contribution in [0.25, 0.3) is 5.52 Å². The van der Waals surface area contributed by atoms with E-state index < -0.39 is 9.84 Å². The van der Waals surface area contributed by atoms with Crippen LogP contribution >= 0.6 is 0 Å². The van der Waals surface area contributed by atoms with E-state index in [0.29, 0.717) is 18.7 Å². The second-order valence-corrected chi connectivity index (χ2v) is 7.71. The lowest BCUT2D eigenvalue weighted by Gasteiger charge is -2.21. The maximum atomic E-state index is 11.7. The summed E-state index contributed by atoms with van der Waals surface area (Å²) in [6.07, 6.45) is 4.25. The summed E-state index contributed by atoms with van der Waals surface area (Å²) in [5.41, 5.74) is 7.80. The van der Waals surface area contributed by atoms with Gasteiger partial charge in [-0.2, -0.15) is 0 Å². The lowest BCUT2D eigenvalue weighted by molar-refractivity contribution is 0.474. The zero-order valence-electron chi connectivity index (χ0n) is 11.3. The third-order valence-corrected chi connectivity index (χ3v) is 5.83. The van der Waals surface area contributed by atoms with Crippen molar-refractivity contribution in [3.05, 3.63) is 35.9 Å². The molecule has 2 aromatic heterocycles. The molecule has 0 aliphatic carbocycles. The van der Waals surface area contributed by atoms with Crippen LogP contribution < -0.4 is 5.73 Å². The van der Waals surface area contributed by atoms with E-state index >= 15 is 0 Å². The zero-order chi connectivity index (χ0) is 14.2. The normalized spacial score (nSPS) is 22.1. The zero-order valence-corrected chi connectivity index (χ0v) is 12.1. The molecule has 5 nitrogen and oxygen atoms in total. The molecule has 3 heterocycles. The first-order chi connectivity index (χ1) is 9.59. The van der Waals surface area contributed by atoms with Crippen molar-refractivity contribution >= 4 is 15.4 Å². The summed E-state index contributed by atoms with van der Waals surface area (Å²) >= 11 is 0. The highest BCUT2D eigenvalue weighted by atomic mass is 32.2. The van der Waals surface area contributed by atoms with E-state index in [1.54, 1.807) is 0 Å². The Morgan fingerprint density at radius 3 is 3.00 bits per heavy atom. The van der Waals surface area contributed by atoms with Crippen LogP contribution in [0.4, 0.5) is 0 Å². The van der Waals surface area contributed by atoms with Gasteiger partial charge in [0.05, 0.1) is 23.2 Å². The van der Waals surface area contributed by atoms with Gasteiger partial charge in [-0.15, -0.1) is 0 Å². The molecule has 3 rings (SSSR count). The summed E-state index contributed by atoms with van der Waals surface area (Å²) < 4.78 is 25.5. The Bertz CT molecular complexity index is 721. The van der Waals surface area contributed by atoms with Crippen molar-refractivity contribution in [3.63, 3.8) is 0 Å². The van der Waals surface area contributed by atoms with Crippen molar-refractivity contribution in [2.45, 2.75) is 25.8 Å². The predicted molar refractivity (Wildman–Crippen MR) is 78.2 cm³/mol. The third kappa shape index (κ3) is 2.58. The molecule has 0 radical (unpaired) electrons. The highest BCUT2D eigenvalue weighted by Crippen LogP contribution is 2.23. The molecule has 1 atom stereocenters. The smallest absolute Gasteiger partial charge is 0.150 e. The van der Waals surface area contributed by atoms with E-state index in [1.165, 1.54) is 0 Å². The van der Waals surface area contributed by atoms with E-state index in [9.17, 15) is 8.42 Å². The molecule has 0 amide bonds.